The summed E-state index contributed by atoms with van der Waals surface area (Å²) in [6.07, 6.45) is 0.837. The van der Waals surface area contributed by atoms with Crippen LogP contribution < -0.4 is 0 Å². The van der Waals surface area contributed by atoms with E-state index in [9.17, 15) is 14.9 Å². The summed E-state index contributed by atoms with van der Waals surface area (Å²) in [7, 11) is 1.27. The Bertz CT molecular complexity index is 807. The number of Topliss-reactive ketones (excluding diaryl/α,β-unsaturated/α-hetero) is 1. The van der Waals surface area contributed by atoms with Gasteiger partial charge in [0.25, 0.3) is 0 Å². The van der Waals surface area contributed by atoms with Gasteiger partial charge in [0.05, 0.1) is 18.6 Å². The van der Waals surface area contributed by atoms with Gasteiger partial charge in [-0.05, 0) is 29.2 Å². The Balaban J connectivity index is 2.12. The molecule has 0 aromatic heterocycles. The fraction of sp³-hybridized carbons (Fsp3) is 0.316. The highest BCUT2D eigenvalue weighted by molar-refractivity contribution is 6.00. The Morgan fingerprint density at radius 3 is 2.74 bits per heavy atom. The molecule has 2 atom stereocenters. The van der Waals surface area contributed by atoms with Crippen LogP contribution in [0.2, 0.25) is 0 Å². The molecule has 0 saturated heterocycles. The Morgan fingerprint density at radius 1 is 1.26 bits per heavy atom. The van der Waals surface area contributed by atoms with Gasteiger partial charge in [0, 0.05) is 6.42 Å². The normalized spacial score (nSPS) is 24.2. The number of ether oxygens (including phenoxy) is 1. The molecule has 2 aromatic rings. The molecule has 1 aliphatic rings. The first kappa shape index (κ1) is 15.2. The van der Waals surface area contributed by atoms with E-state index in [2.05, 4.69) is 6.07 Å². The van der Waals surface area contributed by atoms with Crippen molar-refractivity contribution in [1.82, 2.24) is 0 Å². The summed E-state index contributed by atoms with van der Waals surface area (Å²) in [4.78, 5) is 24.0. The highest BCUT2D eigenvalue weighted by Crippen LogP contribution is 2.43. The van der Waals surface area contributed by atoms with Gasteiger partial charge in [-0.3, -0.25) is 9.59 Å². The van der Waals surface area contributed by atoms with Gasteiger partial charge in [-0.25, -0.2) is 0 Å². The summed E-state index contributed by atoms with van der Waals surface area (Å²) in [5, 5.41) is 11.9. The summed E-state index contributed by atoms with van der Waals surface area (Å²) in [6.45, 7) is 0. The van der Waals surface area contributed by atoms with Gasteiger partial charge in [0.1, 0.15) is 11.7 Å². The maximum absolute atomic E-state index is 12.1. The zero-order valence-electron chi connectivity index (χ0n) is 12.9. The number of rotatable bonds is 2. The average molecular weight is 307 g/mol. The van der Waals surface area contributed by atoms with E-state index < -0.39 is 17.3 Å². The number of esters is 1. The minimum Gasteiger partial charge on any atom is -0.468 e. The van der Waals surface area contributed by atoms with Crippen molar-refractivity contribution >= 4 is 22.5 Å². The van der Waals surface area contributed by atoms with Crippen LogP contribution in [0.25, 0.3) is 10.8 Å². The van der Waals surface area contributed by atoms with Crippen LogP contribution >= 0.6 is 0 Å². The van der Waals surface area contributed by atoms with Crippen LogP contribution in [0.5, 0.6) is 0 Å². The molecule has 3 rings (SSSR count). The number of methoxy groups -OCH3 is 1. The monoisotopic (exact) mass is 307 g/mol. The molecule has 1 aliphatic carbocycles. The second kappa shape index (κ2) is 5.85. The van der Waals surface area contributed by atoms with Gasteiger partial charge in [-0.15, -0.1) is 0 Å². The molecular weight excluding hydrogens is 290 g/mol. The predicted octanol–water partition coefficient (Wildman–Crippen LogP) is 3.14. The highest BCUT2D eigenvalue weighted by atomic mass is 16.5. The first-order valence-corrected chi connectivity index (χ1v) is 7.61. The predicted molar refractivity (Wildman–Crippen MR) is 85.6 cm³/mol. The standard InChI is InChI=1S/C19H17NO3/c1-23-18(22)15-11-19(12-20,10-9-17(15)21)16-8-4-6-13-5-2-3-7-14(13)16/h2-8,15H,9-11H2,1H3. The first-order chi connectivity index (χ1) is 11.1. The lowest BCUT2D eigenvalue weighted by molar-refractivity contribution is -0.151. The highest BCUT2D eigenvalue weighted by Gasteiger charge is 2.45. The van der Waals surface area contributed by atoms with Gasteiger partial charge < -0.3 is 4.74 Å². The quantitative estimate of drug-likeness (QED) is 0.631. The van der Waals surface area contributed by atoms with Crippen LogP contribution in [0.3, 0.4) is 0 Å². The summed E-state index contributed by atoms with van der Waals surface area (Å²) >= 11 is 0. The molecule has 1 saturated carbocycles. The number of ketones is 1. The third-order valence-corrected chi connectivity index (χ3v) is 4.74. The Morgan fingerprint density at radius 2 is 2.00 bits per heavy atom. The summed E-state index contributed by atoms with van der Waals surface area (Å²) in [5.74, 6) is -1.54. The molecule has 0 aliphatic heterocycles. The molecule has 2 unspecified atom stereocenters. The lowest BCUT2D eigenvalue weighted by Crippen LogP contribution is -2.40. The smallest absolute Gasteiger partial charge is 0.316 e. The van der Waals surface area contributed by atoms with Gasteiger partial charge in [-0.2, -0.15) is 5.26 Å². The topological polar surface area (TPSA) is 67.2 Å². The van der Waals surface area contributed by atoms with E-state index >= 15 is 0 Å². The molecule has 4 heteroatoms. The molecule has 0 radical (unpaired) electrons. The van der Waals surface area contributed by atoms with Crippen molar-refractivity contribution in [2.24, 2.45) is 5.92 Å². The lowest BCUT2D eigenvalue weighted by atomic mass is 9.65. The molecule has 0 spiro atoms. The third-order valence-electron chi connectivity index (χ3n) is 4.74. The zero-order valence-corrected chi connectivity index (χ0v) is 12.9. The zero-order chi connectivity index (χ0) is 16.4. The molecule has 1 fully saturated rings. The van der Waals surface area contributed by atoms with Crippen molar-refractivity contribution in [1.29, 1.82) is 5.26 Å². The Kier molecular flexibility index (Phi) is 3.87. The molecule has 0 heterocycles. The lowest BCUT2D eigenvalue weighted by Gasteiger charge is -2.34. The minimum atomic E-state index is -0.854. The average Bonchev–Trinajstić information content (AvgIpc) is 2.61. The molecular formula is C19H17NO3. The second-order valence-corrected chi connectivity index (χ2v) is 5.97. The van der Waals surface area contributed by atoms with E-state index in [4.69, 9.17) is 4.74 Å². The maximum Gasteiger partial charge on any atom is 0.316 e. The van der Waals surface area contributed by atoms with Gasteiger partial charge in [-0.1, -0.05) is 42.5 Å². The number of benzene rings is 2. The second-order valence-electron chi connectivity index (χ2n) is 5.97. The fourth-order valence-electron chi connectivity index (χ4n) is 3.48. The van der Waals surface area contributed by atoms with E-state index in [1.54, 1.807) is 0 Å². The van der Waals surface area contributed by atoms with Gasteiger partial charge >= 0.3 is 5.97 Å². The first-order valence-electron chi connectivity index (χ1n) is 7.61. The van der Waals surface area contributed by atoms with Crippen molar-refractivity contribution in [3.63, 3.8) is 0 Å². The van der Waals surface area contributed by atoms with Crippen LogP contribution in [0.1, 0.15) is 24.8 Å². The summed E-state index contributed by atoms with van der Waals surface area (Å²) < 4.78 is 4.75. The molecule has 2 aromatic carbocycles. The van der Waals surface area contributed by atoms with E-state index in [1.165, 1.54) is 7.11 Å². The van der Waals surface area contributed by atoms with Crippen molar-refractivity contribution in [3.8, 4) is 6.07 Å². The van der Waals surface area contributed by atoms with Crippen LogP contribution in [0.15, 0.2) is 42.5 Å². The summed E-state index contributed by atoms with van der Waals surface area (Å²) in [5.41, 5.74) is 0.0488. The number of carbonyl (C=O) groups excluding carboxylic acids is 2. The van der Waals surface area contributed by atoms with Crippen LogP contribution in [-0.4, -0.2) is 18.9 Å². The minimum absolute atomic E-state index is 0.136. The summed E-state index contributed by atoms with van der Waals surface area (Å²) in [6, 6.07) is 16.1. The number of hydrogen-bond acceptors (Lipinski definition) is 4. The van der Waals surface area contributed by atoms with E-state index in [0.29, 0.717) is 6.42 Å². The van der Waals surface area contributed by atoms with E-state index in [0.717, 1.165) is 16.3 Å². The molecule has 0 N–H and O–H groups in total. The Labute approximate surface area is 134 Å². The third kappa shape index (κ3) is 2.49. The van der Waals surface area contributed by atoms with Crippen molar-refractivity contribution in [2.45, 2.75) is 24.7 Å². The molecule has 4 nitrogen and oxygen atoms in total. The van der Waals surface area contributed by atoms with Crippen molar-refractivity contribution in [2.75, 3.05) is 7.11 Å². The van der Waals surface area contributed by atoms with Crippen LogP contribution in [-0.2, 0) is 19.7 Å². The van der Waals surface area contributed by atoms with Crippen molar-refractivity contribution in [3.05, 3.63) is 48.0 Å². The number of hydrogen-bond donors (Lipinski definition) is 0. The number of nitriles is 1. The van der Waals surface area contributed by atoms with Crippen molar-refractivity contribution < 1.29 is 14.3 Å². The van der Waals surface area contributed by atoms with E-state index in [-0.39, 0.29) is 18.6 Å². The van der Waals surface area contributed by atoms with E-state index in [1.807, 2.05) is 42.5 Å². The maximum atomic E-state index is 12.1. The Hall–Kier alpha value is -2.67. The largest absolute Gasteiger partial charge is 0.468 e. The van der Waals surface area contributed by atoms with Crippen LogP contribution in [0, 0.1) is 17.2 Å². The molecule has 23 heavy (non-hydrogen) atoms. The molecule has 116 valence electrons. The number of carbonyl (C=O) groups is 2. The molecule has 0 amide bonds. The van der Waals surface area contributed by atoms with Gasteiger partial charge in [0.15, 0.2) is 0 Å². The van der Waals surface area contributed by atoms with Crippen LogP contribution in [0.4, 0.5) is 0 Å². The SMILES string of the molecule is COC(=O)C1CC(C#N)(c2cccc3ccccc23)CCC1=O. The fourth-order valence-corrected chi connectivity index (χ4v) is 3.48. The molecule has 0 bridgehead atoms. The number of fused-ring (bicyclic) bond motifs is 1. The van der Waals surface area contributed by atoms with Gasteiger partial charge in [0.2, 0.25) is 0 Å². The number of nitrogens with zero attached hydrogens (tertiary/aromatic N) is 1.